The maximum absolute atomic E-state index is 13.2. The number of nitrogens with zero attached hydrogens (tertiary/aromatic N) is 4. The predicted molar refractivity (Wildman–Crippen MR) is 109 cm³/mol. The first-order chi connectivity index (χ1) is 15.0. The molecule has 0 fully saturated rings. The van der Waals surface area contributed by atoms with E-state index in [1.54, 1.807) is 53.4 Å². The van der Waals surface area contributed by atoms with Gasteiger partial charge in [0.25, 0.3) is 0 Å². The molecule has 156 valence electrons. The molecule has 0 aliphatic heterocycles. The Kier molecular flexibility index (Phi) is 5.52. The van der Waals surface area contributed by atoms with Crippen molar-refractivity contribution < 1.29 is 18.3 Å². The van der Waals surface area contributed by atoms with E-state index in [-0.39, 0.29) is 5.69 Å². The molecule has 4 aromatic rings. The lowest BCUT2D eigenvalue weighted by Gasteiger charge is -2.09. The molecule has 2 N–H and O–H groups in total. The number of anilines is 2. The summed E-state index contributed by atoms with van der Waals surface area (Å²) < 4.78 is 33.8. The van der Waals surface area contributed by atoms with Gasteiger partial charge in [0.1, 0.15) is 23.2 Å². The summed E-state index contributed by atoms with van der Waals surface area (Å²) in [6.07, 6.45) is 3.46. The summed E-state index contributed by atoms with van der Waals surface area (Å²) in [6, 6.07) is 12.0. The number of urea groups is 1. The Morgan fingerprint density at radius 1 is 0.935 bits per heavy atom. The molecular weight excluding hydrogens is 406 g/mol. The van der Waals surface area contributed by atoms with Crippen molar-refractivity contribution in [3.63, 3.8) is 0 Å². The molecule has 0 aliphatic rings. The zero-order valence-corrected chi connectivity index (χ0v) is 16.2. The topological polar surface area (TPSA) is 94.0 Å². The summed E-state index contributed by atoms with van der Waals surface area (Å²) in [5, 5.41) is 13.1. The van der Waals surface area contributed by atoms with Crippen molar-refractivity contribution in [1.82, 2.24) is 19.7 Å². The number of carbonyl (C=O) groups excluding carboxylic acids is 1. The van der Waals surface area contributed by atoms with Crippen LogP contribution in [-0.4, -0.2) is 25.8 Å². The molecule has 2 amide bonds. The van der Waals surface area contributed by atoms with Crippen LogP contribution in [-0.2, 0) is 0 Å². The fourth-order valence-corrected chi connectivity index (χ4v) is 2.76. The maximum atomic E-state index is 13.2. The Labute approximate surface area is 175 Å². The predicted octanol–water partition coefficient (Wildman–Crippen LogP) is 4.69. The number of hydrogen-bond acceptors (Lipinski definition) is 5. The van der Waals surface area contributed by atoms with Crippen LogP contribution in [0, 0.1) is 18.6 Å². The second-order valence-corrected chi connectivity index (χ2v) is 6.44. The number of rotatable bonds is 5. The molecule has 0 aliphatic carbocycles. The molecule has 2 heterocycles. The van der Waals surface area contributed by atoms with Gasteiger partial charge in [0.15, 0.2) is 5.82 Å². The zero-order valence-electron chi connectivity index (χ0n) is 16.2. The van der Waals surface area contributed by atoms with E-state index < -0.39 is 17.7 Å². The number of amides is 2. The first kappa shape index (κ1) is 20.0. The second-order valence-electron chi connectivity index (χ2n) is 6.44. The van der Waals surface area contributed by atoms with Gasteiger partial charge < -0.3 is 15.4 Å². The van der Waals surface area contributed by atoms with Crippen LogP contribution in [0.5, 0.6) is 11.6 Å². The van der Waals surface area contributed by atoms with Gasteiger partial charge in [-0.25, -0.2) is 18.6 Å². The SMILES string of the molecule is Cc1nccn1-c1ccc(Oc2ccc(NC(=O)Nc3cc(F)cc(F)c3)cc2)nn1. The Balaban J connectivity index is 1.35. The van der Waals surface area contributed by atoms with E-state index >= 15 is 0 Å². The number of nitrogens with one attached hydrogen (secondary N) is 2. The molecular formula is C21H16F2N6O2. The maximum Gasteiger partial charge on any atom is 0.323 e. The minimum atomic E-state index is -0.784. The summed E-state index contributed by atoms with van der Waals surface area (Å²) in [5.74, 6) is 0.622. The Morgan fingerprint density at radius 3 is 2.26 bits per heavy atom. The molecule has 2 aromatic heterocycles. The van der Waals surface area contributed by atoms with E-state index in [0.717, 1.165) is 24.0 Å². The van der Waals surface area contributed by atoms with E-state index in [2.05, 4.69) is 25.8 Å². The van der Waals surface area contributed by atoms with E-state index in [1.165, 1.54) is 0 Å². The molecule has 0 bridgehead atoms. The fraction of sp³-hybridized carbons (Fsp3) is 0.0476. The van der Waals surface area contributed by atoms with Gasteiger partial charge in [-0.15, -0.1) is 10.2 Å². The smallest absolute Gasteiger partial charge is 0.323 e. The lowest BCUT2D eigenvalue weighted by Crippen LogP contribution is -2.19. The van der Waals surface area contributed by atoms with Crippen molar-refractivity contribution in [1.29, 1.82) is 0 Å². The van der Waals surface area contributed by atoms with Gasteiger partial charge in [-0.05, 0) is 49.4 Å². The van der Waals surface area contributed by atoms with E-state index in [9.17, 15) is 13.6 Å². The van der Waals surface area contributed by atoms with E-state index in [0.29, 0.717) is 23.1 Å². The minimum absolute atomic E-state index is 0.00265. The van der Waals surface area contributed by atoms with Crippen molar-refractivity contribution in [2.75, 3.05) is 10.6 Å². The monoisotopic (exact) mass is 422 g/mol. The highest BCUT2D eigenvalue weighted by atomic mass is 19.1. The van der Waals surface area contributed by atoms with Crippen LogP contribution >= 0.6 is 0 Å². The van der Waals surface area contributed by atoms with Gasteiger partial charge in [-0.2, -0.15) is 0 Å². The van der Waals surface area contributed by atoms with Gasteiger partial charge in [-0.3, -0.25) is 4.57 Å². The molecule has 0 atom stereocenters. The van der Waals surface area contributed by atoms with E-state index in [1.807, 2.05) is 6.92 Å². The van der Waals surface area contributed by atoms with Gasteiger partial charge in [0.2, 0.25) is 5.88 Å². The standard InChI is InChI=1S/C21H16F2N6O2/c1-13-24-8-9-29(13)19-6-7-20(28-27-19)31-18-4-2-16(3-5-18)25-21(30)26-17-11-14(22)10-15(23)12-17/h2-12H,1H3,(H2,25,26,30). The molecule has 2 aromatic carbocycles. The minimum Gasteiger partial charge on any atom is -0.438 e. The number of benzene rings is 2. The molecule has 0 saturated heterocycles. The van der Waals surface area contributed by atoms with Crippen LogP contribution in [0.15, 0.2) is 67.0 Å². The fourth-order valence-electron chi connectivity index (χ4n) is 2.76. The Bertz CT molecular complexity index is 1190. The first-order valence-corrected chi connectivity index (χ1v) is 9.12. The molecule has 0 radical (unpaired) electrons. The highest BCUT2D eigenvalue weighted by Crippen LogP contribution is 2.22. The third kappa shape index (κ3) is 4.99. The molecule has 4 rings (SSSR count). The second kappa shape index (κ2) is 8.57. The van der Waals surface area contributed by atoms with Crippen molar-refractivity contribution in [2.45, 2.75) is 6.92 Å². The largest absolute Gasteiger partial charge is 0.438 e. The van der Waals surface area contributed by atoms with Gasteiger partial charge >= 0.3 is 6.03 Å². The van der Waals surface area contributed by atoms with Crippen molar-refractivity contribution >= 4 is 17.4 Å². The average Bonchev–Trinajstić information content (AvgIpc) is 3.15. The van der Waals surface area contributed by atoms with Crippen LogP contribution in [0.4, 0.5) is 25.0 Å². The number of hydrogen-bond donors (Lipinski definition) is 2. The highest BCUT2D eigenvalue weighted by Gasteiger charge is 2.07. The number of aryl methyl sites for hydroxylation is 1. The van der Waals surface area contributed by atoms with Gasteiger partial charge in [0.05, 0.1) is 0 Å². The third-order valence-corrected chi connectivity index (χ3v) is 4.15. The number of ether oxygens (including phenoxy) is 1. The lowest BCUT2D eigenvalue weighted by atomic mass is 10.3. The molecule has 10 heteroatoms. The summed E-state index contributed by atoms with van der Waals surface area (Å²) in [5.41, 5.74) is 0.460. The van der Waals surface area contributed by atoms with Crippen LogP contribution in [0.1, 0.15) is 5.82 Å². The number of imidazole rings is 1. The Hall–Kier alpha value is -4.34. The average molecular weight is 422 g/mol. The molecule has 0 saturated carbocycles. The number of carbonyl (C=O) groups is 1. The zero-order chi connectivity index (χ0) is 21.8. The van der Waals surface area contributed by atoms with Crippen molar-refractivity contribution in [3.05, 3.63) is 84.4 Å². The highest BCUT2D eigenvalue weighted by molar-refractivity contribution is 5.99. The van der Waals surface area contributed by atoms with Crippen molar-refractivity contribution in [2.24, 2.45) is 0 Å². The molecule has 0 unspecified atom stereocenters. The first-order valence-electron chi connectivity index (χ1n) is 9.12. The third-order valence-electron chi connectivity index (χ3n) is 4.15. The summed E-state index contributed by atoms with van der Waals surface area (Å²) >= 11 is 0. The summed E-state index contributed by atoms with van der Waals surface area (Å²) in [6.45, 7) is 1.86. The van der Waals surface area contributed by atoms with Crippen LogP contribution in [0.25, 0.3) is 5.82 Å². The molecule has 31 heavy (non-hydrogen) atoms. The number of halogens is 2. The molecule has 0 spiro atoms. The van der Waals surface area contributed by atoms with Crippen molar-refractivity contribution in [3.8, 4) is 17.4 Å². The normalized spacial score (nSPS) is 10.5. The number of aromatic nitrogens is 4. The summed E-state index contributed by atoms with van der Waals surface area (Å²) in [4.78, 5) is 16.1. The summed E-state index contributed by atoms with van der Waals surface area (Å²) in [7, 11) is 0. The van der Waals surface area contributed by atoms with Crippen LogP contribution in [0.2, 0.25) is 0 Å². The van der Waals surface area contributed by atoms with E-state index in [4.69, 9.17) is 4.74 Å². The van der Waals surface area contributed by atoms with Gasteiger partial charge in [-0.1, -0.05) is 0 Å². The van der Waals surface area contributed by atoms with Crippen LogP contribution < -0.4 is 15.4 Å². The van der Waals surface area contributed by atoms with Gasteiger partial charge in [0, 0.05) is 35.9 Å². The quantitative estimate of drug-likeness (QED) is 0.487. The lowest BCUT2D eigenvalue weighted by molar-refractivity contribution is 0.262. The molecule has 8 nitrogen and oxygen atoms in total. The van der Waals surface area contributed by atoms with Crippen LogP contribution in [0.3, 0.4) is 0 Å². The Morgan fingerprint density at radius 2 is 1.65 bits per heavy atom.